The molecule has 0 radical (unpaired) electrons. The van der Waals surface area contributed by atoms with E-state index in [1.54, 1.807) is 0 Å². The van der Waals surface area contributed by atoms with Crippen LogP contribution in [0, 0.1) is 0 Å². The number of aromatic nitrogens is 8. The molecule has 0 aliphatic heterocycles. The predicted molar refractivity (Wildman–Crippen MR) is 516 cm³/mol. The molecule has 24 aromatic rings. The lowest BCUT2D eigenvalue weighted by molar-refractivity contribution is 1.17. The minimum absolute atomic E-state index is 0.703. The molecule has 24 rings (SSSR count). The molecular weight excluding hydrogens is 1510 g/mol. The standard InChI is InChI=1S/2C58H38N4/c1-4-17-40(18-5-1)51-38-52(60-58(59-51)42-19-6-2-7-20-42)41-33-31-39(32-34-41)43-35-36-56-50(37-43)47-25-12-15-30-55(47)62(56)54-29-14-11-24-46(54)49-27-16-26-48-45-23-10-13-28-53(45)61(57(48)49)44-21-8-3-9-22-44;1-4-17-40(18-5-1)51-38-52(41-19-6-2-7-20-41)60-58(59-51)42-33-31-39(32-34-42)43-35-36-56-50(37-43)47-25-12-15-30-55(47)62(56)54-29-14-11-24-46(54)49-27-16-26-48-45-23-10-13-28-53(45)61(57(48)49)44-21-8-3-9-22-44/h2*1-38H. The average molecular weight is 1580 g/mol. The molecule has 0 spiro atoms. The Hall–Kier alpha value is -16.7. The largest absolute Gasteiger partial charge is 0.309 e. The third-order valence-electron chi connectivity index (χ3n) is 24.3. The lowest BCUT2D eigenvalue weighted by atomic mass is 9.99. The lowest BCUT2D eigenvalue weighted by Gasteiger charge is -2.17. The van der Waals surface area contributed by atoms with Crippen LogP contribution in [0.1, 0.15) is 0 Å². The molecule has 0 saturated carbocycles. The molecule has 0 amide bonds. The summed E-state index contributed by atoms with van der Waals surface area (Å²) >= 11 is 0. The van der Waals surface area contributed by atoms with Crippen molar-refractivity contribution < 1.29 is 0 Å². The van der Waals surface area contributed by atoms with E-state index in [2.05, 4.69) is 443 Å². The molecule has 0 aliphatic rings. The summed E-state index contributed by atoms with van der Waals surface area (Å²) in [6.07, 6.45) is 0. The van der Waals surface area contributed by atoms with Crippen molar-refractivity contribution >= 4 is 87.2 Å². The molecule has 0 unspecified atom stereocenters. The molecule has 124 heavy (non-hydrogen) atoms. The zero-order valence-electron chi connectivity index (χ0n) is 67.5. The highest BCUT2D eigenvalue weighted by Gasteiger charge is 2.25. The summed E-state index contributed by atoms with van der Waals surface area (Å²) < 4.78 is 9.75. The third kappa shape index (κ3) is 12.8. The van der Waals surface area contributed by atoms with Crippen LogP contribution < -0.4 is 0 Å². The van der Waals surface area contributed by atoms with Crippen LogP contribution in [0.5, 0.6) is 0 Å². The zero-order valence-corrected chi connectivity index (χ0v) is 67.5. The number of hydrogen-bond donors (Lipinski definition) is 0. The molecule has 8 nitrogen and oxygen atoms in total. The normalized spacial score (nSPS) is 11.5. The maximum atomic E-state index is 5.07. The number of benzene rings is 18. The predicted octanol–water partition coefficient (Wildman–Crippen LogP) is 30.0. The minimum atomic E-state index is 0.703. The smallest absolute Gasteiger partial charge is 0.160 e. The van der Waals surface area contributed by atoms with Gasteiger partial charge in [0.1, 0.15) is 0 Å². The summed E-state index contributed by atoms with van der Waals surface area (Å²) in [7, 11) is 0. The first-order chi connectivity index (χ1) is 61.5. The van der Waals surface area contributed by atoms with E-state index in [0.717, 1.165) is 112 Å². The highest BCUT2D eigenvalue weighted by atomic mass is 15.0. The van der Waals surface area contributed by atoms with Gasteiger partial charge in [0.15, 0.2) is 11.6 Å². The van der Waals surface area contributed by atoms with Crippen molar-refractivity contribution in [3.8, 4) is 135 Å². The molecule has 6 heterocycles. The van der Waals surface area contributed by atoms with E-state index in [1.807, 2.05) is 36.4 Å². The van der Waals surface area contributed by atoms with Gasteiger partial charge in [-0.15, -0.1) is 0 Å². The van der Waals surface area contributed by atoms with Gasteiger partial charge in [0, 0.05) is 110 Å². The highest BCUT2D eigenvalue weighted by molar-refractivity contribution is 6.18. The van der Waals surface area contributed by atoms with E-state index in [4.69, 9.17) is 19.9 Å². The molecule has 6 aromatic heterocycles. The fraction of sp³-hybridized carbons (Fsp3) is 0. The summed E-state index contributed by atoms with van der Waals surface area (Å²) in [4.78, 5) is 20.2. The van der Waals surface area contributed by atoms with Gasteiger partial charge in [-0.25, -0.2) is 19.9 Å². The van der Waals surface area contributed by atoms with Gasteiger partial charge in [-0.05, 0) is 119 Å². The molecular formula is C116H76N8. The summed E-state index contributed by atoms with van der Waals surface area (Å²) in [6, 6.07) is 164. The van der Waals surface area contributed by atoms with Crippen molar-refractivity contribution in [1.82, 2.24) is 38.2 Å². The van der Waals surface area contributed by atoms with E-state index in [0.29, 0.717) is 11.6 Å². The number of fused-ring (bicyclic) bond motifs is 12. The van der Waals surface area contributed by atoms with Crippen LogP contribution in [0.3, 0.4) is 0 Å². The van der Waals surface area contributed by atoms with Gasteiger partial charge >= 0.3 is 0 Å². The molecule has 0 atom stereocenters. The van der Waals surface area contributed by atoms with Crippen LogP contribution in [0.2, 0.25) is 0 Å². The number of rotatable bonds is 14. The lowest BCUT2D eigenvalue weighted by Crippen LogP contribution is -1.99. The number of hydrogen-bond acceptors (Lipinski definition) is 4. The van der Waals surface area contributed by atoms with Crippen LogP contribution in [0.25, 0.3) is 222 Å². The van der Waals surface area contributed by atoms with E-state index in [9.17, 15) is 0 Å². The Morgan fingerprint density at radius 1 is 0.145 bits per heavy atom. The highest BCUT2D eigenvalue weighted by Crippen LogP contribution is 2.47. The summed E-state index contributed by atoms with van der Waals surface area (Å²) in [5, 5.41) is 9.82. The second-order valence-electron chi connectivity index (χ2n) is 31.5. The second kappa shape index (κ2) is 30.9. The van der Waals surface area contributed by atoms with Crippen molar-refractivity contribution in [1.29, 1.82) is 0 Å². The van der Waals surface area contributed by atoms with Crippen molar-refractivity contribution in [2.45, 2.75) is 0 Å². The average Bonchev–Trinajstić information content (AvgIpc) is 1.57. The van der Waals surface area contributed by atoms with Crippen LogP contribution in [-0.4, -0.2) is 38.2 Å². The van der Waals surface area contributed by atoms with Crippen LogP contribution in [0.15, 0.2) is 461 Å². The van der Waals surface area contributed by atoms with Crippen molar-refractivity contribution in [2.75, 3.05) is 0 Å². The fourth-order valence-electron chi connectivity index (χ4n) is 18.6. The summed E-state index contributed by atoms with van der Waals surface area (Å²) in [5.74, 6) is 1.42. The van der Waals surface area contributed by atoms with Crippen molar-refractivity contribution in [3.05, 3.63) is 461 Å². The maximum absolute atomic E-state index is 5.07. The Bertz CT molecular complexity index is 7580. The number of para-hydroxylation sites is 10. The van der Waals surface area contributed by atoms with Gasteiger partial charge in [-0.3, -0.25) is 0 Å². The van der Waals surface area contributed by atoms with Gasteiger partial charge < -0.3 is 18.3 Å². The Morgan fingerprint density at radius 2 is 0.395 bits per heavy atom. The van der Waals surface area contributed by atoms with Gasteiger partial charge in [0.25, 0.3) is 0 Å². The summed E-state index contributed by atoms with van der Waals surface area (Å²) in [5.41, 5.74) is 33.1. The van der Waals surface area contributed by atoms with Gasteiger partial charge in [0.2, 0.25) is 0 Å². The van der Waals surface area contributed by atoms with E-state index >= 15 is 0 Å². The second-order valence-corrected chi connectivity index (χ2v) is 31.5. The molecule has 8 heteroatoms. The first kappa shape index (κ1) is 72.5. The monoisotopic (exact) mass is 1580 g/mol. The Labute approximate surface area is 716 Å². The zero-order chi connectivity index (χ0) is 82.0. The fourth-order valence-corrected chi connectivity index (χ4v) is 18.6. The third-order valence-corrected chi connectivity index (χ3v) is 24.3. The Morgan fingerprint density at radius 3 is 0.774 bits per heavy atom. The molecule has 0 aliphatic carbocycles. The maximum Gasteiger partial charge on any atom is 0.160 e. The quantitative estimate of drug-likeness (QED) is 0.109. The van der Waals surface area contributed by atoms with Crippen molar-refractivity contribution in [3.63, 3.8) is 0 Å². The first-order valence-electron chi connectivity index (χ1n) is 42.2. The minimum Gasteiger partial charge on any atom is -0.309 e. The Balaban J connectivity index is 0.000000143. The van der Waals surface area contributed by atoms with E-state index in [-0.39, 0.29) is 0 Å². The van der Waals surface area contributed by atoms with Crippen LogP contribution in [-0.2, 0) is 0 Å². The molecule has 0 N–H and O–H groups in total. The van der Waals surface area contributed by atoms with E-state index < -0.39 is 0 Å². The van der Waals surface area contributed by atoms with Gasteiger partial charge in [-0.1, -0.05) is 364 Å². The van der Waals surface area contributed by atoms with Crippen LogP contribution in [0.4, 0.5) is 0 Å². The molecule has 18 aromatic carbocycles. The Kier molecular flexibility index (Phi) is 18.1. The molecule has 580 valence electrons. The van der Waals surface area contributed by atoms with Crippen LogP contribution >= 0.6 is 0 Å². The van der Waals surface area contributed by atoms with E-state index in [1.165, 1.54) is 98.4 Å². The molecule has 0 fully saturated rings. The first-order valence-corrected chi connectivity index (χ1v) is 42.2. The SMILES string of the molecule is c1ccc(-c2cc(-c3ccc(-c4ccc5c(c4)c4ccccc4n5-c4ccccc4-c4cccc5c6ccccc6n(-c6ccccc6)c45)cc3)nc(-c3ccccc3)n2)cc1.c1ccc(-c2cc(-c3ccccc3)nc(-c3ccc(-c4ccc5c(c4)c4ccccc4n5-c4ccccc4-c4cccc5c6ccccc6n(-c6ccccc6)c45)cc3)n2)cc1. The van der Waals surface area contributed by atoms with Crippen molar-refractivity contribution in [2.24, 2.45) is 0 Å². The number of nitrogens with zero attached hydrogens (tertiary/aromatic N) is 8. The van der Waals surface area contributed by atoms with Gasteiger partial charge in [0.05, 0.1) is 78.3 Å². The molecule has 0 bridgehead atoms. The van der Waals surface area contributed by atoms with Gasteiger partial charge in [-0.2, -0.15) is 0 Å². The topological polar surface area (TPSA) is 71.3 Å². The summed E-state index contributed by atoms with van der Waals surface area (Å²) in [6.45, 7) is 0. The molecule has 0 saturated heterocycles.